The Bertz CT molecular complexity index is 598. The molecule has 0 spiro atoms. The molecule has 0 radical (unpaired) electrons. The van der Waals surface area contributed by atoms with Crippen LogP contribution in [0.3, 0.4) is 0 Å². The molecule has 7 heteroatoms. The molecule has 0 fully saturated rings. The van der Waals surface area contributed by atoms with Crippen LogP contribution in [0.5, 0.6) is 5.75 Å². The van der Waals surface area contributed by atoms with Crippen molar-refractivity contribution in [3.63, 3.8) is 0 Å². The van der Waals surface area contributed by atoms with Gasteiger partial charge in [-0.05, 0) is 37.6 Å². The maximum Gasteiger partial charge on any atom is 0.331 e. The van der Waals surface area contributed by atoms with Crippen LogP contribution in [0, 0.1) is 0 Å². The molecule has 1 rings (SSSR count). The maximum absolute atomic E-state index is 11.7. The number of carbonyl (C=O) groups is 3. The molecule has 7 nitrogen and oxygen atoms in total. The van der Waals surface area contributed by atoms with Gasteiger partial charge in [-0.25, -0.2) is 9.59 Å². The van der Waals surface area contributed by atoms with E-state index in [1.54, 1.807) is 44.4 Å². The van der Waals surface area contributed by atoms with Crippen LogP contribution >= 0.6 is 0 Å². The monoisotopic (exact) mass is 320 g/mol. The zero-order chi connectivity index (χ0) is 17.2. The highest BCUT2D eigenvalue weighted by Gasteiger charge is 2.18. The number of esters is 1. The van der Waals surface area contributed by atoms with E-state index in [-0.39, 0.29) is 0 Å². The third-order valence-corrected chi connectivity index (χ3v) is 2.74. The van der Waals surface area contributed by atoms with Gasteiger partial charge in [0.15, 0.2) is 6.10 Å². The van der Waals surface area contributed by atoms with E-state index in [9.17, 15) is 14.4 Å². The predicted octanol–water partition coefficient (Wildman–Crippen LogP) is 1.49. The van der Waals surface area contributed by atoms with Gasteiger partial charge in [-0.2, -0.15) is 0 Å². The lowest BCUT2D eigenvalue weighted by molar-refractivity contribution is -0.149. The number of benzene rings is 1. The fourth-order valence-electron chi connectivity index (χ4n) is 1.59. The van der Waals surface area contributed by atoms with Gasteiger partial charge in [-0.15, -0.1) is 0 Å². The first-order chi connectivity index (χ1) is 11.0. The van der Waals surface area contributed by atoms with Gasteiger partial charge in [-0.3, -0.25) is 10.1 Å². The van der Waals surface area contributed by atoms with Crippen LogP contribution in [-0.4, -0.2) is 37.7 Å². The molecule has 1 aromatic carbocycles. The average molecular weight is 320 g/mol. The summed E-state index contributed by atoms with van der Waals surface area (Å²) >= 11 is 0. The van der Waals surface area contributed by atoms with Gasteiger partial charge in [0.25, 0.3) is 5.91 Å². The van der Waals surface area contributed by atoms with E-state index in [1.807, 2.05) is 0 Å². The number of carbonyl (C=O) groups excluding carboxylic acids is 3. The van der Waals surface area contributed by atoms with Gasteiger partial charge < -0.3 is 14.8 Å². The third-order valence-electron chi connectivity index (χ3n) is 2.74. The van der Waals surface area contributed by atoms with Crippen molar-refractivity contribution in [2.24, 2.45) is 0 Å². The number of hydrogen-bond acceptors (Lipinski definition) is 5. The molecule has 0 aliphatic rings. The van der Waals surface area contributed by atoms with Crippen LogP contribution in [0.25, 0.3) is 6.08 Å². The van der Waals surface area contributed by atoms with Gasteiger partial charge in [-0.1, -0.05) is 12.1 Å². The minimum atomic E-state index is -1.08. The number of nitrogens with one attached hydrogen (secondary N) is 2. The Morgan fingerprint density at radius 2 is 2.04 bits per heavy atom. The molecule has 1 aromatic rings. The number of hydrogen-bond donors (Lipinski definition) is 2. The quantitative estimate of drug-likeness (QED) is 0.612. The van der Waals surface area contributed by atoms with Crippen LogP contribution in [0.4, 0.5) is 4.79 Å². The maximum atomic E-state index is 11.7. The molecule has 0 saturated heterocycles. The molecule has 124 valence electrons. The zero-order valence-electron chi connectivity index (χ0n) is 13.3. The molecular formula is C16H20N2O5. The second kappa shape index (κ2) is 9.24. The Labute approximate surface area is 134 Å². The summed E-state index contributed by atoms with van der Waals surface area (Å²) in [7, 11) is 1.55. The van der Waals surface area contributed by atoms with Crippen molar-refractivity contribution in [1.82, 2.24) is 10.6 Å². The first-order valence-corrected chi connectivity index (χ1v) is 7.07. The van der Waals surface area contributed by atoms with Crippen molar-refractivity contribution >= 4 is 24.0 Å². The van der Waals surface area contributed by atoms with E-state index < -0.39 is 24.0 Å². The zero-order valence-corrected chi connectivity index (χ0v) is 13.3. The van der Waals surface area contributed by atoms with Gasteiger partial charge in [0.2, 0.25) is 0 Å². The summed E-state index contributed by atoms with van der Waals surface area (Å²) in [6.07, 6.45) is 1.66. The normalized spacial score (nSPS) is 11.6. The molecule has 3 amide bonds. The molecule has 0 bridgehead atoms. The van der Waals surface area contributed by atoms with Crippen molar-refractivity contribution in [3.05, 3.63) is 35.9 Å². The van der Waals surface area contributed by atoms with E-state index in [0.29, 0.717) is 12.3 Å². The van der Waals surface area contributed by atoms with Gasteiger partial charge in [0.05, 0.1) is 7.11 Å². The second-order valence-electron chi connectivity index (χ2n) is 4.54. The van der Waals surface area contributed by atoms with E-state index in [0.717, 1.165) is 5.56 Å². The first-order valence-electron chi connectivity index (χ1n) is 7.07. The third kappa shape index (κ3) is 6.64. The molecule has 0 heterocycles. The van der Waals surface area contributed by atoms with Gasteiger partial charge in [0.1, 0.15) is 5.75 Å². The predicted molar refractivity (Wildman–Crippen MR) is 84.8 cm³/mol. The summed E-state index contributed by atoms with van der Waals surface area (Å²) in [5.41, 5.74) is 0.751. The van der Waals surface area contributed by atoms with Crippen LogP contribution in [0.1, 0.15) is 19.4 Å². The van der Waals surface area contributed by atoms with Crippen molar-refractivity contribution < 1.29 is 23.9 Å². The molecule has 23 heavy (non-hydrogen) atoms. The number of imide groups is 1. The number of methoxy groups -OCH3 is 1. The van der Waals surface area contributed by atoms with Crippen LogP contribution in [-0.2, 0) is 14.3 Å². The standard InChI is InChI=1S/C16H20N2O5/c1-4-17-16(21)18-15(20)11(2)23-14(19)9-8-12-6-5-7-13(10-12)22-3/h5-11H,4H2,1-3H3,(H2,17,18,20,21)/b9-8+/t11-/m0/s1. The van der Waals surface area contributed by atoms with Crippen LogP contribution in [0.15, 0.2) is 30.3 Å². The van der Waals surface area contributed by atoms with Crippen molar-refractivity contribution in [3.8, 4) is 5.75 Å². The van der Waals surface area contributed by atoms with Crippen molar-refractivity contribution in [1.29, 1.82) is 0 Å². The van der Waals surface area contributed by atoms with Gasteiger partial charge >= 0.3 is 12.0 Å². The fourth-order valence-corrected chi connectivity index (χ4v) is 1.59. The summed E-state index contributed by atoms with van der Waals surface area (Å²) in [6.45, 7) is 3.49. The lowest BCUT2D eigenvalue weighted by Crippen LogP contribution is -2.44. The van der Waals surface area contributed by atoms with Gasteiger partial charge in [0, 0.05) is 12.6 Å². The molecule has 2 N–H and O–H groups in total. The lowest BCUT2D eigenvalue weighted by atomic mass is 10.2. The van der Waals surface area contributed by atoms with Crippen molar-refractivity contribution in [2.75, 3.05) is 13.7 Å². The van der Waals surface area contributed by atoms with Crippen LogP contribution < -0.4 is 15.4 Å². The van der Waals surface area contributed by atoms with E-state index >= 15 is 0 Å². The van der Waals surface area contributed by atoms with E-state index in [1.165, 1.54) is 13.0 Å². The second-order valence-corrected chi connectivity index (χ2v) is 4.54. The highest BCUT2D eigenvalue weighted by atomic mass is 16.5. The molecule has 0 saturated carbocycles. The first kappa shape index (κ1) is 18.2. The van der Waals surface area contributed by atoms with E-state index in [2.05, 4.69) is 10.6 Å². The lowest BCUT2D eigenvalue weighted by Gasteiger charge is -2.11. The van der Waals surface area contributed by atoms with Crippen LogP contribution in [0.2, 0.25) is 0 Å². The average Bonchev–Trinajstić information content (AvgIpc) is 2.53. The largest absolute Gasteiger partial charge is 0.497 e. The Balaban J connectivity index is 2.53. The molecule has 0 aliphatic heterocycles. The fraction of sp³-hybridized carbons (Fsp3) is 0.312. The molecule has 0 unspecified atom stereocenters. The summed E-state index contributed by atoms with van der Waals surface area (Å²) in [5.74, 6) is -0.722. The Morgan fingerprint density at radius 1 is 1.30 bits per heavy atom. The summed E-state index contributed by atoms with van der Waals surface area (Å²) in [6, 6.07) is 6.47. The smallest absolute Gasteiger partial charge is 0.331 e. The highest BCUT2D eigenvalue weighted by molar-refractivity contribution is 5.98. The topological polar surface area (TPSA) is 93.7 Å². The summed E-state index contributed by atoms with van der Waals surface area (Å²) < 4.78 is 9.99. The Morgan fingerprint density at radius 3 is 2.70 bits per heavy atom. The SMILES string of the molecule is CCNC(=O)NC(=O)[C@H](C)OC(=O)/C=C/c1cccc(OC)c1. The van der Waals surface area contributed by atoms with E-state index in [4.69, 9.17) is 9.47 Å². The Hall–Kier alpha value is -2.83. The van der Waals surface area contributed by atoms with Crippen molar-refractivity contribution in [2.45, 2.75) is 20.0 Å². The number of urea groups is 1. The summed E-state index contributed by atoms with van der Waals surface area (Å²) in [5, 5.41) is 4.47. The molecular weight excluding hydrogens is 300 g/mol. The molecule has 0 aliphatic carbocycles. The number of amides is 3. The number of rotatable bonds is 6. The molecule has 1 atom stereocenters. The Kier molecular flexibility index (Phi) is 7.32. The minimum Gasteiger partial charge on any atom is -0.497 e. The highest BCUT2D eigenvalue weighted by Crippen LogP contribution is 2.13. The summed E-state index contributed by atoms with van der Waals surface area (Å²) in [4.78, 5) is 34.5. The number of ether oxygens (including phenoxy) is 2. The molecule has 0 aromatic heterocycles. The minimum absolute atomic E-state index is 0.385.